The molecular formula is C15H13F4NO2. The zero-order valence-electron chi connectivity index (χ0n) is 12.1. The molecule has 2 rings (SSSR count). The van der Waals surface area contributed by atoms with Crippen LogP contribution in [0.15, 0.2) is 12.1 Å². The van der Waals surface area contributed by atoms with Gasteiger partial charge in [-0.3, -0.25) is 4.79 Å². The monoisotopic (exact) mass is 315 g/mol. The quantitative estimate of drug-likeness (QED) is 0.491. The highest BCUT2D eigenvalue weighted by atomic mass is 19.2. The minimum Gasteiger partial charge on any atom is -0.479 e. The number of halogens is 4. The normalized spacial score (nSPS) is 10.9. The number of hydrogen-bond donors (Lipinski definition) is 0. The summed E-state index contributed by atoms with van der Waals surface area (Å²) in [5, 5.41) is 0. The van der Waals surface area contributed by atoms with E-state index in [1.165, 1.54) is 0 Å². The van der Waals surface area contributed by atoms with Crippen molar-refractivity contribution in [1.29, 1.82) is 0 Å². The molecule has 0 aliphatic heterocycles. The number of carbonyl (C=O) groups is 1. The largest absolute Gasteiger partial charge is 0.479 e. The van der Waals surface area contributed by atoms with Gasteiger partial charge >= 0.3 is 0 Å². The van der Waals surface area contributed by atoms with Crippen LogP contribution >= 0.6 is 0 Å². The zero-order valence-corrected chi connectivity index (χ0v) is 12.1. The number of hydrogen-bond acceptors (Lipinski definition) is 2. The van der Waals surface area contributed by atoms with Crippen molar-refractivity contribution in [2.45, 2.75) is 13.8 Å². The molecule has 0 fully saturated rings. The lowest BCUT2D eigenvalue weighted by molar-refractivity contribution is 0.0913. The van der Waals surface area contributed by atoms with Gasteiger partial charge in [0.1, 0.15) is 0 Å². The van der Waals surface area contributed by atoms with E-state index in [1.807, 2.05) is 0 Å². The molecule has 1 aromatic heterocycles. The van der Waals surface area contributed by atoms with Crippen LogP contribution in [-0.2, 0) is 7.05 Å². The van der Waals surface area contributed by atoms with E-state index in [0.717, 1.165) is 5.69 Å². The minimum atomic E-state index is -1.67. The molecule has 1 aromatic carbocycles. The van der Waals surface area contributed by atoms with Gasteiger partial charge in [0.2, 0.25) is 17.4 Å². The third-order valence-corrected chi connectivity index (χ3v) is 3.49. The maximum Gasteiger partial charge on any atom is 0.203 e. The fraction of sp³-hybridized carbons (Fsp3) is 0.267. The number of rotatable bonds is 4. The van der Waals surface area contributed by atoms with E-state index in [2.05, 4.69) is 4.74 Å². The zero-order chi connectivity index (χ0) is 16.6. The lowest BCUT2D eigenvalue weighted by Crippen LogP contribution is -2.14. The molecule has 2 aromatic rings. The van der Waals surface area contributed by atoms with Crippen LogP contribution in [0.5, 0.6) is 5.75 Å². The Hall–Kier alpha value is -2.31. The van der Waals surface area contributed by atoms with Crippen molar-refractivity contribution in [3.63, 3.8) is 0 Å². The van der Waals surface area contributed by atoms with Crippen LogP contribution in [-0.4, -0.2) is 17.0 Å². The summed E-state index contributed by atoms with van der Waals surface area (Å²) in [4.78, 5) is 12.0. The molecule has 0 spiro atoms. The highest BCUT2D eigenvalue weighted by Gasteiger charge is 2.22. The number of aryl methyl sites for hydroxylation is 1. The first-order valence-electron chi connectivity index (χ1n) is 6.36. The Morgan fingerprint density at radius 1 is 1.09 bits per heavy atom. The van der Waals surface area contributed by atoms with Gasteiger partial charge in [0.05, 0.1) is 0 Å². The van der Waals surface area contributed by atoms with Gasteiger partial charge in [-0.2, -0.15) is 8.78 Å². The average Bonchev–Trinajstić information content (AvgIpc) is 2.72. The van der Waals surface area contributed by atoms with Gasteiger partial charge in [0.25, 0.3) is 0 Å². The van der Waals surface area contributed by atoms with E-state index in [-0.39, 0.29) is 6.07 Å². The van der Waals surface area contributed by atoms with Crippen molar-refractivity contribution in [2.75, 3.05) is 6.61 Å². The van der Waals surface area contributed by atoms with Crippen molar-refractivity contribution in [2.24, 2.45) is 7.05 Å². The molecule has 0 unspecified atom stereocenters. The Morgan fingerprint density at radius 3 is 2.09 bits per heavy atom. The van der Waals surface area contributed by atoms with Gasteiger partial charge in [-0.15, -0.1) is 0 Å². The number of ketones is 1. The van der Waals surface area contributed by atoms with E-state index < -0.39 is 41.4 Å². The first-order chi connectivity index (χ1) is 10.2. The maximum atomic E-state index is 13.4. The molecule has 0 saturated carbocycles. The second kappa shape index (κ2) is 5.82. The van der Waals surface area contributed by atoms with Crippen LogP contribution in [0.25, 0.3) is 0 Å². The maximum absolute atomic E-state index is 13.4. The van der Waals surface area contributed by atoms with E-state index in [4.69, 9.17) is 0 Å². The van der Waals surface area contributed by atoms with Crippen LogP contribution < -0.4 is 4.74 Å². The van der Waals surface area contributed by atoms with Crippen LogP contribution in [0, 0.1) is 37.1 Å². The minimum absolute atomic E-state index is 0.0735. The molecule has 1 heterocycles. The van der Waals surface area contributed by atoms with Crippen molar-refractivity contribution in [3.05, 3.63) is 52.4 Å². The summed E-state index contributed by atoms with van der Waals surface area (Å²) >= 11 is 0. The van der Waals surface area contributed by atoms with Crippen molar-refractivity contribution < 1.29 is 27.1 Å². The summed E-state index contributed by atoms with van der Waals surface area (Å²) in [6.07, 6.45) is 0. The highest BCUT2D eigenvalue weighted by molar-refractivity contribution is 5.98. The first kappa shape index (κ1) is 16.1. The summed E-state index contributed by atoms with van der Waals surface area (Å²) in [7, 11) is 1.75. The number of carbonyl (C=O) groups excluding carboxylic acids is 1. The van der Waals surface area contributed by atoms with Crippen LogP contribution in [0.1, 0.15) is 21.7 Å². The lowest BCUT2D eigenvalue weighted by atomic mass is 10.1. The topological polar surface area (TPSA) is 31.2 Å². The predicted molar refractivity (Wildman–Crippen MR) is 71.0 cm³/mol. The SMILES string of the molecule is Cc1cc(C(=O)COc2c(F)c(F)cc(F)c2F)c(C)n1C. The van der Waals surface area contributed by atoms with Crippen LogP contribution in [0.4, 0.5) is 17.6 Å². The fourth-order valence-electron chi connectivity index (χ4n) is 2.03. The Balaban J connectivity index is 2.24. The van der Waals surface area contributed by atoms with Gasteiger partial charge in [-0.05, 0) is 19.9 Å². The average molecular weight is 315 g/mol. The number of ether oxygens (including phenoxy) is 1. The molecule has 118 valence electrons. The van der Waals surface area contributed by atoms with Gasteiger partial charge in [0.15, 0.2) is 24.0 Å². The Morgan fingerprint density at radius 2 is 1.64 bits per heavy atom. The van der Waals surface area contributed by atoms with Crippen molar-refractivity contribution in [1.82, 2.24) is 4.57 Å². The van der Waals surface area contributed by atoms with Gasteiger partial charge in [0, 0.05) is 30.1 Å². The summed E-state index contributed by atoms with van der Waals surface area (Å²) in [6.45, 7) is 2.75. The molecule has 0 N–H and O–H groups in total. The molecule has 7 heteroatoms. The third kappa shape index (κ3) is 2.70. The smallest absolute Gasteiger partial charge is 0.203 e. The van der Waals surface area contributed by atoms with E-state index in [1.54, 1.807) is 31.5 Å². The molecule has 0 amide bonds. The number of Topliss-reactive ketones (excluding diaryl/α,β-unsaturated/α-hetero) is 1. The second-order valence-corrected chi connectivity index (χ2v) is 4.85. The molecule has 3 nitrogen and oxygen atoms in total. The number of benzene rings is 1. The highest BCUT2D eigenvalue weighted by Crippen LogP contribution is 2.26. The number of nitrogens with zero attached hydrogens (tertiary/aromatic N) is 1. The lowest BCUT2D eigenvalue weighted by Gasteiger charge is -2.09. The molecule has 0 atom stereocenters. The van der Waals surface area contributed by atoms with E-state index in [0.29, 0.717) is 11.3 Å². The third-order valence-electron chi connectivity index (χ3n) is 3.49. The summed E-state index contributed by atoms with van der Waals surface area (Å²) < 4.78 is 59.3. The van der Waals surface area contributed by atoms with Crippen molar-refractivity contribution >= 4 is 5.78 Å². The summed E-state index contributed by atoms with van der Waals surface area (Å²) in [6, 6.07) is 1.67. The molecule has 22 heavy (non-hydrogen) atoms. The van der Waals surface area contributed by atoms with E-state index >= 15 is 0 Å². The molecule has 0 aliphatic carbocycles. The standard InChI is InChI=1S/C15H13F4NO2/c1-7-4-9(8(2)20(7)3)12(21)6-22-15-13(18)10(16)5-11(17)14(15)19/h4-5H,6H2,1-3H3. The van der Waals surface area contributed by atoms with Crippen LogP contribution in [0.3, 0.4) is 0 Å². The van der Waals surface area contributed by atoms with Crippen molar-refractivity contribution in [3.8, 4) is 5.75 Å². The predicted octanol–water partition coefficient (Wildman–Crippen LogP) is 3.46. The van der Waals surface area contributed by atoms with Gasteiger partial charge in [-0.1, -0.05) is 0 Å². The molecular weight excluding hydrogens is 302 g/mol. The second-order valence-electron chi connectivity index (χ2n) is 4.85. The van der Waals surface area contributed by atoms with E-state index in [9.17, 15) is 22.4 Å². The Bertz CT molecular complexity index is 726. The fourth-order valence-corrected chi connectivity index (χ4v) is 2.03. The number of aromatic nitrogens is 1. The van der Waals surface area contributed by atoms with Gasteiger partial charge < -0.3 is 9.30 Å². The Labute approximate surface area is 124 Å². The molecule has 0 radical (unpaired) electrons. The molecule has 0 bridgehead atoms. The van der Waals surface area contributed by atoms with Crippen LogP contribution in [0.2, 0.25) is 0 Å². The van der Waals surface area contributed by atoms with Gasteiger partial charge in [-0.25, -0.2) is 8.78 Å². The first-order valence-corrected chi connectivity index (χ1v) is 6.36. The molecule has 0 saturated heterocycles. The molecule has 0 aliphatic rings. The Kier molecular flexibility index (Phi) is 4.25. The summed E-state index contributed by atoms with van der Waals surface area (Å²) in [5.41, 5.74) is 1.78. The summed E-state index contributed by atoms with van der Waals surface area (Å²) in [5.74, 6) is -8.32.